The fraction of sp³-hybridized carbons (Fsp3) is 0.545. The Morgan fingerprint density at radius 2 is 2.11 bits per heavy atom. The molecule has 0 aliphatic rings. The van der Waals surface area contributed by atoms with Crippen molar-refractivity contribution in [3.05, 3.63) is 11.8 Å². The van der Waals surface area contributed by atoms with E-state index in [1.807, 2.05) is 0 Å². The van der Waals surface area contributed by atoms with E-state index in [0.29, 0.717) is 0 Å². The monoisotopic (exact) mass is 272 g/mol. The lowest BCUT2D eigenvalue weighted by atomic mass is 10.2. The fourth-order valence-electron chi connectivity index (χ4n) is 1.10. The minimum Gasteiger partial charge on any atom is -0.475 e. The number of carboxylic acid groups (broad SMARTS) is 1. The number of carboxylic acids is 1. The number of ether oxygens (including phenoxy) is 2. The molecule has 1 rings (SSSR count). The lowest BCUT2D eigenvalue weighted by Gasteiger charge is -2.21. The van der Waals surface area contributed by atoms with Crippen molar-refractivity contribution in [2.45, 2.75) is 39.5 Å². The molecule has 0 radical (unpaired) electrons. The summed E-state index contributed by atoms with van der Waals surface area (Å²) >= 11 is 0. The minimum absolute atomic E-state index is 0.0408. The molecule has 1 aromatic heterocycles. The van der Waals surface area contributed by atoms with Gasteiger partial charge in [0.05, 0.1) is 6.07 Å². The third-order valence-electron chi connectivity index (χ3n) is 1.72. The van der Waals surface area contributed by atoms with Crippen LogP contribution in [0.3, 0.4) is 0 Å². The van der Waals surface area contributed by atoms with E-state index in [1.165, 1.54) is 0 Å². The number of rotatable bonds is 4. The van der Waals surface area contributed by atoms with Crippen LogP contribution in [0.15, 0.2) is 10.6 Å². The average Bonchev–Trinajstić information content (AvgIpc) is 2.62. The summed E-state index contributed by atoms with van der Waals surface area (Å²) in [6.45, 7) is 6.73. The van der Waals surface area contributed by atoms with Gasteiger partial charge < -0.3 is 19.1 Å². The summed E-state index contributed by atoms with van der Waals surface area (Å²) in [5.74, 6) is -1.64. The van der Waals surface area contributed by atoms with Gasteiger partial charge in [-0.15, -0.1) is 0 Å². The number of aromatic nitrogens is 1. The molecule has 1 atom stereocenters. The largest absolute Gasteiger partial charge is 0.475 e. The molecule has 0 bridgehead atoms. The first-order valence-corrected chi connectivity index (χ1v) is 5.53. The highest BCUT2D eigenvalue weighted by molar-refractivity contribution is 5.84. The van der Waals surface area contributed by atoms with Gasteiger partial charge in [0.2, 0.25) is 5.76 Å². The van der Waals surface area contributed by atoms with Gasteiger partial charge in [0.25, 0.3) is 5.88 Å². The highest BCUT2D eigenvalue weighted by Crippen LogP contribution is 2.12. The van der Waals surface area contributed by atoms with Crippen molar-refractivity contribution < 1.29 is 28.7 Å². The van der Waals surface area contributed by atoms with Gasteiger partial charge in [-0.3, -0.25) is 5.32 Å². The topological polar surface area (TPSA) is 111 Å². The van der Waals surface area contributed by atoms with Gasteiger partial charge in [-0.05, 0) is 32.9 Å². The van der Waals surface area contributed by atoms with Crippen LogP contribution < -0.4 is 10.1 Å². The van der Waals surface area contributed by atoms with E-state index >= 15 is 0 Å². The van der Waals surface area contributed by atoms with E-state index in [1.54, 1.807) is 27.7 Å². The van der Waals surface area contributed by atoms with Crippen LogP contribution in [0.25, 0.3) is 0 Å². The maximum atomic E-state index is 11.4. The number of carbonyl (C=O) groups excluding carboxylic acids is 1. The zero-order valence-electron chi connectivity index (χ0n) is 11.1. The van der Waals surface area contributed by atoms with Gasteiger partial charge in [0.15, 0.2) is 6.23 Å². The summed E-state index contributed by atoms with van der Waals surface area (Å²) in [6.07, 6.45) is -1.40. The molecule has 0 aliphatic heterocycles. The zero-order valence-corrected chi connectivity index (χ0v) is 11.1. The SMILES string of the molecule is CC(NC(=O)OC(C)(C)C)Oc1cc(C(=O)O)on1. The number of nitrogens with zero attached hydrogens (tertiary/aromatic N) is 1. The lowest BCUT2D eigenvalue weighted by molar-refractivity contribution is 0.0406. The van der Waals surface area contributed by atoms with Crippen molar-refractivity contribution in [3.63, 3.8) is 0 Å². The second-order valence-corrected chi connectivity index (χ2v) is 4.74. The Bertz CT molecular complexity index is 462. The Morgan fingerprint density at radius 3 is 2.58 bits per heavy atom. The Kier molecular flexibility index (Phi) is 4.36. The summed E-state index contributed by atoms with van der Waals surface area (Å²) < 4.78 is 14.7. The molecule has 0 fully saturated rings. The highest BCUT2D eigenvalue weighted by Gasteiger charge is 2.19. The standard InChI is InChI=1S/C11H16N2O6/c1-6(12-10(16)18-11(2,3)4)17-8-5-7(9(14)15)19-13-8/h5-6H,1-4H3,(H,12,16)(H,14,15). The number of carbonyl (C=O) groups is 2. The van der Waals surface area contributed by atoms with Gasteiger partial charge in [-0.2, -0.15) is 0 Å². The molecular weight excluding hydrogens is 256 g/mol. The number of nitrogens with one attached hydrogen (secondary N) is 1. The van der Waals surface area contributed by atoms with Gasteiger partial charge in [-0.25, -0.2) is 9.59 Å². The molecule has 8 heteroatoms. The summed E-state index contributed by atoms with van der Waals surface area (Å²) in [5, 5.41) is 14.4. The predicted molar refractivity (Wildman–Crippen MR) is 62.9 cm³/mol. The molecule has 8 nitrogen and oxygen atoms in total. The van der Waals surface area contributed by atoms with Crippen LogP contribution in [0.4, 0.5) is 4.79 Å². The number of alkyl carbamates (subject to hydrolysis) is 1. The van der Waals surface area contributed by atoms with Crippen LogP contribution in [-0.2, 0) is 4.74 Å². The molecular formula is C11H16N2O6. The Labute approximate surface area is 109 Å². The molecule has 1 unspecified atom stereocenters. The smallest absolute Gasteiger partial charge is 0.410 e. The van der Waals surface area contributed by atoms with Gasteiger partial charge in [0.1, 0.15) is 5.60 Å². The van der Waals surface area contributed by atoms with Crippen LogP contribution in [-0.4, -0.2) is 34.2 Å². The predicted octanol–water partition coefficient (Wildman–Crippen LogP) is 1.62. The van der Waals surface area contributed by atoms with E-state index in [2.05, 4.69) is 15.0 Å². The number of hydrogen-bond donors (Lipinski definition) is 2. The lowest BCUT2D eigenvalue weighted by Crippen LogP contribution is -2.40. The normalized spacial score (nSPS) is 12.6. The maximum absolute atomic E-state index is 11.4. The highest BCUT2D eigenvalue weighted by atomic mass is 16.6. The first-order valence-electron chi connectivity index (χ1n) is 5.53. The van der Waals surface area contributed by atoms with E-state index < -0.39 is 23.9 Å². The van der Waals surface area contributed by atoms with Crippen LogP contribution in [0.2, 0.25) is 0 Å². The van der Waals surface area contributed by atoms with Crippen molar-refractivity contribution in [1.29, 1.82) is 0 Å². The van der Waals surface area contributed by atoms with Crippen LogP contribution in [0, 0.1) is 0 Å². The Morgan fingerprint density at radius 1 is 1.47 bits per heavy atom. The molecule has 19 heavy (non-hydrogen) atoms. The maximum Gasteiger partial charge on any atom is 0.410 e. The third kappa shape index (κ3) is 5.28. The second kappa shape index (κ2) is 5.59. The Hall–Kier alpha value is -2.25. The molecule has 1 heterocycles. The molecule has 0 saturated carbocycles. The average molecular weight is 272 g/mol. The fourth-order valence-corrected chi connectivity index (χ4v) is 1.10. The molecule has 0 saturated heterocycles. The summed E-state index contributed by atoms with van der Waals surface area (Å²) in [6, 6.07) is 1.11. The second-order valence-electron chi connectivity index (χ2n) is 4.74. The summed E-state index contributed by atoms with van der Waals surface area (Å²) in [5.41, 5.74) is -0.617. The van der Waals surface area contributed by atoms with Crippen molar-refractivity contribution in [3.8, 4) is 5.88 Å². The van der Waals surface area contributed by atoms with Gasteiger partial charge in [-0.1, -0.05) is 0 Å². The first kappa shape index (κ1) is 14.8. The molecule has 1 amide bonds. The molecule has 2 N–H and O–H groups in total. The number of amides is 1. The summed E-state index contributed by atoms with van der Waals surface area (Å²) in [4.78, 5) is 22.0. The van der Waals surface area contributed by atoms with Crippen molar-refractivity contribution in [2.24, 2.45) is 0 Å². The van der Waals surface area contributed by atoms with Crippen LogP contribution in [0.5, 0.6) is 5.88 Å². The van der Waals surface area contributed by atoms with E-state index in [9.17, 15) is 9.59 Å². The molecule has 106 valence electrons. The van der Waals surface area contributed by atoms with E-state index in [0.717, 1.165) is 6.07 Å². The van der Waals surface area contributed by atoms with Crippen molar-refractivity contribution in [2.75, 3.05) is 0 Å². The molecule has 0 aliphatic carbocycles. The van der Waals surface area contributed by atoms with E-state index in [4.69, 9.17) is 14.6 Å². The third-order valence-corrected chi connectivity index (χ3v) is 1.72. The van der Waals surface area contributed by atoms with Crippen molar-refractivity contribution in [1.82, 2.24) is 10.5 Å². The molecule has 0 spiro atoms. The quantitative estimate of drug-likeness (QED) is 0.801. The number of aromatic carboxylic acids is 1. The molecule has 0 aromatic carbocycles. The van der Waals surface area contributed by atoms with Gasteiger partial charge in [0, 0.05) is 0 Å². The van der Waals surface area contributed by atoms with Crippen molar-refractivity contribution >= 4 is 12.1 Å². The number of hydrogen-bond acceptors (Lipinski definition) is 6. The zero-order chi connectivity index (χ0) is 14.6. The van der Waals surface area contributed by atoms with Crippen LogP contribution in [0.1, 0.15) is 38.2 Å². The summed E-state index contributed by atoms with van der Waals surface area (Å²) in [7, 11) is 0. The first-order chi connectivity index (χ1) is 8.67. The minimum atomic E-state index is -1.25. The Balaban J connectivity index is 2.48. The van der Waals surface area contributed by atoms with Gasteiger partial charge >= 0.3 is 12.1 Å². The van der Waals surface area contributed by atoms with E-state index in [-0.39, 0.29) is 11.6 Å². The molecule has 1 aromatic rings. The van der Waals surface area contributed by atoms with Crippen LogP contribution >= 0.6 is 0 Å².